The zero-order valence-electron chi connectivity index (χ0n) is 13.3. The number of aliphatic imine (C=N–C) groups is 1. The maximum Gasteiger partial charge on any atom is 0.226 e. The zero-order chi connectivity index (χ0) is 15.5. The van der Waals surface area contributed by atoms with E-state index >= 15 is 0 Å². The highest BCUT2D eigenvalue weighted by Gasteiger charge is 2.31. The van der Waals surface area contributed by atoms with Gasteiger partial charge in [0.15, 0.2) is 5.17 Å². The molecule has 2 aliphatic rings. The molecule has 0 radical (unpaired) electrons. The smallest absolute Gasteiger partial charge is 0.226 e. The van der Waals surface area contributed by atoms with E-state index in [9.17, 15) is 4.79 Å². The van der Waals surface area contributed by atoms with E-state index < -0.39 is 0 Å². The summed E-state index contributed by atoms with van der Waals surface area (Å²) in [5.41, 5.74) is 0.797. The fourth-order valence-electron chi connectivity index (χ4n) is 2.32. The number of methoxy groups -OCH3 is 1. The highest BCUT2D eigenvalue weighted by molar-refractivity contribution is 8.14. The minimum Gasteiger partial charge on any atom is -0.497 e. The summed E-state index contributed by atoms with van der Waals surface area (Å²) in [7, 11) is 3.66. The largest absolute Gasteiger partial charge is 0.497 e. The molecule has 1 aliphatic heterocycles. The van der Waals surface area contributed by atoms with Crippen LogP contribution in [-0.4, -0.2) is 48.0 Å². The second kappa shape index (κ2) is 7.93. The Hall–Kier alpha value is -1.40. The van der Waals surface area contributed by atoms with Gasteiger partial charge in [0.05, 0.1) is 13.2 Å². The summed E-state index contributed by atoms with van der Waals surface area (Å²) in [5, 5.41) is 4.03. The summed E-state index contributed by atoms with van der Waals surface area (Å²) < 4.78 is 5.11. The first-order valence-electron chi connectivity index (χ1n) is 7.53. The minimum atomic E-state index is 0. The van der Waals surface area contributed by atoms with Crippen molar-refractivity contribution in [1.82, 2.24) is 4.90 Å². The minimum absolute atomic E-state index is 0. The van der Waals surface area contributed by atoms with Crippen molar-refractivity contribution >= 4 is 40.9 Å². The molecule has 7 heteroatoms. The molecule has 1 heterocycles. The number of nitrogens with zero attached hydrogens (tertiary/aromatic N) is 2. The average Bonchev–Trinajstić information content (AvgIpc) is 3.28. The van der Waals surface area contributed by atoms with Crippen molar-refractivity contribution in [3.63, 3.8) is 0 Å². The van der Waals surface area contributed by atoms with Gasteiger partial charge in [-0.1, -0.05) is 11.8 Å². The molecule has 0 bridgehead atoms. The molecule has 1 N–H and O–H groups in total. The van der Waals surface area contributed by atoms with Crippen LogP contribution in [0.1, 0.15) is 19.3 Å². The van der Waals surface area contributed by atoms with Crippen LogP contribution in [0.2, 0.25) is 0 Å². The lowest BCUT2D eigenvalue weighted by molar-refractivity contribution is -0.116. The number of carbonyl (C=O) groups is 1. The van der Waals surface area contributed by atoms with Crippen LogP contribution in [0.15, 0.2) is 29.3 Å². The molecule has 1 aromatic carbocycles. The molecule has 5 nitrogen and oxygen atoms in total. The number of hydrogen-bond acceptors (Lipinski definition) is 4. The maximum atomic E-state index is 12.2. The lowest BCUT2D eigenvalue weighted by atomic mass is 10.2. The topological polar surface area (TPSA) is 53.9 Å². The van der Waals surface area contributed by atoms with E-state index in [0.29, 0.717) is 12.5 Å². The average molecular weight is 356 g/mol. The Bertz CT molecular complexity index is 575. The van der Waals surface area contributed by atoms with E-state index in [0.717, 1.165) is 22.4 Å². The van der Waals surface area contributed by atoms with Gasteiger partial charge in [-0.15, -0.1) is 12.4 Å². The van der Waals surface area contributed by atoms with Crippen molar-refractivity contribution in [1.29, 1.82) is 0 Å². The number of thioether (sulfide) groups is 1. The third kappa shape index (κ3) is 4.78. The van der Waals surface area contributed by atoms with Crippen LogP contribution in [0.3, 0.4) is 0 Å². The van der Waals surface area contributed by atoms with Gasteiger partial charge in [-0.2, -0.15) is 0 Å². The number of anilines is 1. The first-order valence-corrected chi connectivity index (χ1v) is 8.51. The molecular weight excluding hydrogens is 334 g/mol. The van der Waals surface area contributed by atoms with Gasteiger partial charge in [0, 0.05) is 31.0 Å². The molecule has 1 atom stereocenters. The van der Waals surface area contributed by atoms with Gasteiger partial charge in [0.25, 0.3) is 0 Å². The lowest BCUT2D eigenvalue weighted by Gasteiger charge is -2.20. The lowest BCUT2D eigenvalue weighted by Crippen LogP contribution is -2.33. The second-order valence-corrected chi connectivity index (χ2v) is 6.69. The van der Waals surface area contributed by atoms with Crippen molar-refractivity contribution in [3.05, 3.63) is 24.3 Å². The van der Waals surface area contributed by atoms with Gasteiger partial charge in [-0.05, 0) is 37.1 Å². The SMILES string of the molecule is COc1ccc(NC(=O)CC2CSC(=NC3CC3)N2C)cc1.Cl. The van der Waals surface area contributed by atoms with Crippen LogP contribution in [0.25, 0.3) is 0 Å². The molecule has 1 aliphatic carbocycles. The van der Waals surface area contributed by atoms with Gasteiger partial charge in [-0.3, -0.25) is 9.79 Å². The van der Waals surface area contributed by atoms with E-state index in [2.05, 4.69) is 15.2 Å². The van der Waals surface area contributed by atoms with E-state index in [-0.39, 0.29) is 24.4 Å². The number of ether oxygens (including phenoxy) is 1. The summed E-state index contributed by atoms with van der Waals surface area (Å²) in [5.74, 6) is 1.75. The third-order valence-corrected chi connectivity index (χ3v) is 5.09. The molecule has 1 saturated heterocycles. The molecule has 2 fully saturated rings. The quantitative estimate of drug-likeness (QED) is 0.882. The van der Waals surface area contributed by atoms with Gasteiger partial charge < -0.3 is 15.0 Å². The number of rotatable bonds is 5. The van der Waals surface area contributed by atoms with Crippen molar-refractivity contribution < 1.29 is 9.53 Å². The monoisotopic (exact) mass is 355 g/mol. The van der Waals surface area contributed by atoms with Crippen molar-refractivity contribution in [2.75, 3.05) is 25.2 Å². The fourth-order valence-corrected chi connectivity index (χ4v) is 3.58. The molecule has 1 amide bonds. The number of halogens is 1. The van der Waals surface area contributed by atoms with Gasteiger partial charge in [0.2, 0.25) is 5.91 Å². The highest BCUT2D eigenvalue weighted by atomic mass is 35.5. The van der Waals surface area contributed by atoms with Gasteiger partial charge in [-0.25, -0.2) is 0 Å². The summed E-state index contributed by atoms with van der Waals surface area (Å²) in [4.78, 5) is 19.0. The molecule has 23 heavy (non-hydrogen) atoms. The Morgan fingerprint density at radius 1 is 1.39 bits per heavy atom. The highest BCUT2D eigenvalue weighted by Crippen LogP contribution is 2.30. The maximum absolute atomic E-state index is 12.2. The number of amidine groups is 1. The number of hydrogen-bond donors (Lipinski definition) is 1. The predicted molar refractivity (Wildman–Crippen MR) is 98.0 cm³/mol. The molecule has 1 unspecified atom stereocenters. The molecule has 1 saturated carbocycles. The summed E-state index contributed by atoms with van der Waals surface area (Å²) in [6.45, 7) is 0. The van der Waals surface area contributed by atoms with Crippen LogP contribution < -0.4 is 10.1 Å². The van der Waals surface area contributed by atoms with E-state index in [1.54, 1.807) is 18.9 Å². The number of benzene rings is 1. The molecule has 3 rings (SSSR count). The van der Waals surface area contributed by atoms with E-state index in [1.165, 1.54) is 12.8 Å². The second-order valence-electron chi connectivity index (χ2n) is 5.70. The Morgan fingerprint density at radius 3 is 2.70 bits per heavy atom. The molecular formula is C16H22ClN3O2S. The molecule has 0 aromatic heterocycles. The summed E-state index contributed by atoms with van der Waals surface area (Å²) >= 11 is 1.76. The van der Waals surface area contributed by atoms with Crippen molar-refractivity contribution in [2.45, 2.75) is 31.3 Å². The van der Waals surface area contributed by atoms with Crippen LogP contribution >= 0.6 is 24.2 Å². The number of carbonyl (C=O) groups excluding carboxylic acids is 1. The van der Waals surface area contributed by atoms with Crippen LogP contribution in [0.4, 0.5) is 5.69 Å². The van der Waals surface area contributed by atoms with Crippen LogP contribution in [0.5, 0.6) is 5.75 Å². The third-order valence-electron chi connectivity index (χ3n) is 3.89. The van der Waals surface area contributed by atoms with Crippen LogP contribution in [-0.2, 0) is 4.79 Å². The molecule has 0 spiro atoms. The summed E-state index contributed by atoms with van der Waals surface area (Å²) in [6, 6.07) is 8.13. The normalized spacial score (nSPS) is 21.9. The standard InChI is InChI=1S/C16H21N3O2S.ClH/c1-19-13(10-22-16(19)18-12-3-4-12)9-15(20)17-11-5-7-14(21-2)8-6-11;/h5-8,12-13H,3-4,9-10H2,1-2H3,(H,17,20);1H. The fraction of sp³-hybridized carbons (Fsp3) is 0.500. The Morgan fingerprint density at radius 2 is 2.09 bits per heavy atom. The van der Waals surface area contributed by atoms with Crippen molar-refractivity contribution in [3.8, 4) is 5.75 Å². The van der Waals surface area contributed by atoms with E-state index in [4.69, 9.17) is 4.74 Å². The molecule has 126 valence electrons. The number of nitrogens with one attached hydrogen (secondary N) is 1. The van der Waals surface area contributed by atoms with Gasteiger partial charge in [0.1, 0.15) is 5.75 Å². The van der Waals surface area contributed by atoms with E-state index in [1.807, 2.05) is 31.3 Å². The zero-order valence-corrected chi connectivity index (χ0v) is 15.0. The summed E-state index contributed by atoms with van der Waals surface area (Å²) in [6.07, 6.45) is 2.90. The predicted octanol–water partition coefficient (Wildman–Crippen LogP) is 3.01. The Kier molecular flexibility index (Phi) is 6.18. The molecule has 1 aromatic rings. The first kappa shape index (κ1) is 17.9. The Balaban J connectivity index is 0.00000192. The first-order chi connectivity index (χ1) is 10.7. The number of amides is 1. The Labute approximate surface area is 147 Å². The van der Waals surface area contributed by atoms with Crippen LogP contribution in [0, 0.1) is 0 Å². The van der Waals surface area contributed by atoms with Crippen molar-refractivity contribution in [2.24, 2.45) is 4.99 Å². The van der Waals surface area contributed by atoms with Gasteiger partial charge >= 0.3 is 0 Å².